The molecule has 0 amide bonds. The van der Waals surface area contributed by atoms with Gasteiger partial charge in [-0.1, -0.05) is 13.8 Å². The molecule has 1 aromatic carbocycles. The Bertz CT molecular complexity index is 394. The minimum Gasteiger partial charge on any atom is -0.454 e. The predicted octanol–water partition coefficient (Wildman–Crippen LogP) is 3.03. The van der Waals surface area contributed by atoms with Crippen LogP contribution in [0.3, 0.4) is 0 Å². The number of Topliss-reactive ketones (excluding diaryl/α,β-unsaturated/α-hetero) is 1. The first-order valence-electron chi connectivity index (χ1n) is 5.70. The van der Waals surface area contributed by atoms with Crippen molar-refractivity contribution in [2.45, 2.75) is 26.7 Å². The molecule has 0 bridgehead atoms. The summed E-state index contributed by atoms with van der Waals surface area (Å²) in [6.07, 6.45) is 1.76. The number of carbonyl (C=O) groups excluding carboxylic acids is 1. The summed E-state index contributed by atoms with van der Waals surface area (Å²) < 4.78 is 10.5. The molecule has 0 fully saturated rings. The molecule has 0 atom stereocenters. The summed E-state index contributed by atoms with van der Waals surface area (Å²) >= 11 is 0. The van der Waals surface area contributed by atoms with Crippen LogP contribution in [0, 0.1) is 5.92 Å². The Morgan fingerprint density at radius 2 is 1.94 bits per heavy atom. The summed E-state index contributed by atoms with van der Waals surface area (Å²) in [4.78, 5) is 12.1. The van der Waals surface area contributed by atoms with E-state index in [1.54, 1.807) is 12.1 Å². The highest BCUT2D eigenvalue weighted by Crippen LogP contribution is 2.33. The third kappa shape index (κ3) is 1.90. The zero-order valence-electron chi connectivity index (χ0n) is 9.66. The molecule has 1 aromatic rings. The van der Waals surface area contributed by atoms with Crippen molar-refractivity contribution in [3.05, 3.63) is 23.8 Å². The van der Waals surface area contributed by atoms with Gasteiger partial charge in [-0.25, -0.2) is 0 Å². The number of hydrogen-bond donors (Lipinski definition) is 0. The van der Waals surface area contributed by atoms with E-state index in [-0.39, 0.29) is 18.5 Å². The SMILES string of the molecule is CCC(CC)C(=O)c1ccc2c(c1)OCO2. The molecule has 0 radical (unpaired) electrons. The molecule has 0 spiro atoms. The monoisotopic (exact) mass is 220 g/mol. The first-order chi connectivity index (χ1) is 7.76. The highest BCUT2D eigenvalue weighted by atomic mass is 16.7. The lowest BCUT2D eigenvalue weighted by Crippen LogP contribution is -2.12. The molecule has 3 heteroatoms. The van der Waals surface area contributed by atoms with Crippen molar-refractivity contribution < 1.29 is 14.3 Å². The van der Waals surface area contributed by atoms with Gasteiger partial charge in [-0.15, -0.1) is 0 Å². The number of hydrogen-bond acceptors (Lipinski definition) is 3. The van der Waals surface area contributed by atoms with Gasteiger partial charge in [0, 0.05) is 11.5 Å². The zero-order valence-corrected chi connectivity index (χ0v) is 9.66. The Morgan fingerprint density at radius 3 is 2.62 bits per heavy atom. The molecule has 2 rings (SSSR count). The smallest absolute Gasteiger partial charge is 0.231 e. The average Bonchev–Trinajstić information content (AvgIpc) is 2.77. The average molecular weight is 220 g/mol. The van der Waals surface area contributed by atoms with Gasteiger partial charge in [0.2, 0.25) is 6.79 Å². The van der Waals surface area contributed by atoms with E-state index in [2.05, 4.69) is 0 Å². The number of carbonyl (C=O) groups is 1. The molecule has 0 unspecified atom stereocenters. The molecule has 1 aliphatic rings. The van der Waals surface area contributed by atoms with Gasteiger partial charge in [0.15, 0.2) is 17.3 Å². The van der Waals surface area contributed by atoms with Crippen LogP contribution in [0.25, 0.3) is 0 Å². The maximum atomic E-state index is 12.1. The van der Waals surface area contributed by atoms with Crippen LogP contribution >= 0.6 is 0 Å². The second kappa shape index (κ2) is 4.56. The van der Waals surface area contributed by atoms with Gasteiger partial charge in [0.1, 0.15) is 0 Å². The summed E-state index contributed by atoms with van der Waals surface area (Å²) in [5.41, 5.74) is 0.720. The summed E-state index contributed by atoms with van der Waals surface area (Å²) in [6, 6.07) is 5.40. The van der Waals surface area contributed by atoms with Crippen molar-refractivity contribution >= 4 is 5.78 Å². The molecule has 16 heavy (non-hydrogen) atoms. The molecular weight excluding hydrogens is 204 g/mol. The summed E-state index contributed by atoms with van der Waals surface area (Å²) in [5, 5.41) is 0. The van der Waals surface area contributed by atoms with Crippen molar-refractivity contribution in [2.75, 3.05) is 6.79 Å². The van der Waals surface area contributed by atoms with Gasteiger partial charge >= 0.3 is 0 Å². The molecule has 86 valence electrons. The second-order valence-corrected chi connectivity index (χ2v) is 3.95. The second-order valence-electron chi connectivity index (χ2n) is 3.95. The largest absolute Gasteiger partial charge is 0.454 e. The van der Waals surface area contributed by atoms with Crippen molar-refractivity contribution in [1.29, 1.82) is 0 Å². The van der Waals surface area contributed by atoms with E-state index in [0.717, 1.165) is 24.2 Å². The van der Waals surface area contributed by atoms with Crippen LogP contribution in [0.4, 0.5) is 0 Å². The predicted molar refractivity (Wildman–Crippen MR) is 61.0 cm³/mol. The van der Waals surface area contributed by atoms with Crippen LogP contribution in [0.2, 0.25) is 0 Å². The lowest BCUT2D eigenvalue weighted by molar-refractivity contribution is 0.0913. The van der Waals surface area contributed by atoms with Crippen LogP contribution in [0.5, 0.6) is 11.5 Å². The Morgan fingerprint density at radius 1 is 1.25 bits per heavy atom. The molecule has 0 aromatic heterocycles. The standard InChI is InChI=1S/C13H16O3/c1-3-9(4-2)13(14)10-5-6-11-12(7-10)16-8-15-11/h5-7,9H,3-4,8H2,1-2H3. The molecule has 1 aliphatic heterocycles. The normalized spacial score (nSPS) is 13.2. The van der Waals surface area contributed by atoms with Gasteiger partial charge in [-0.2, -0.15) is 0 Å². The van der Waals surface area contributed by atoms with E-state index in [4.69, 9.17) is 9.47 Å². The maximum absolute atomic E-state index is 12.1. The number of ketones is 1. The topological polar surface area (TPSA) is 35.5 Å². The highest BCUT2D eigenvalue weighted by molar-refractivity contribution is 5.98. The highest BCUT2D eigenvalue weighted by Gasteiger charge is 2.20. The van der Waals surface area contributed by atoms with Crippen LogP contribution in [0.1, 0.15) is 37.0 Å². The molecular formula is C13H16O3. The van der Waals surface area contributed by atoms with Crippen LogP contribution < -0.4 is 9.47 Å². The van der Waals surface area contributed by atoms with Gasteiger partial charge in [0.25, 0.3) is 0 Å². The molecule has 1 heterocycles. The lowest BCUT2D eigenvalue weighted by atomic mass is 9.93. The third-order valence-electron chi connectivity index (χ3n) is 3.01. The Hall–Kier alpha value is -1.51. The van der Waals surface area contributed by atoms with Crippen LogP contribution in [-0.2, 0) is 0 Å². The fourth-order valence-electron chi connectivity index (χ4n) is 1.94. The van der Waals surface area contributed by atoms with E-state index in [0.29, 0.717) is 5.75 Å². The zero-order chi connectivity index (χ0) is 11.5. The fourth-order valence-corrected chi connectivity index (χ4v) is 1.94. The first-order valence-corrected chi connectivity index (χ1v) is 5.70. The van der Waals surface area contributed by atoms with Gasteiger partial charge in [-0.3, -0.25) is 4.79 Å². The maximum Gasteiger partial charge on any atom is 0.231 e. The molecule has 0 aliphatic carbocycles. The fraction of sp³-hybridized carbons (Fsp3) is 0.462. The molecule has 0 saturated carbocycles. The summed E-state index contributed by atoms with van der Waals surface area (Å²) in [6.45, 7) is 4.33. The quantitative estimate of drug-likeness (QED) is 0.731. The minimum atomic E-state index is 0.111. The Kier molecular flexibility index (Phi) is 3.13. The van der Waals surface area contributed by atoms with Crippen molar-refractivity contribution in [1.82, 2.24) is 0 Å². The van der Waals surface area contributed by atoms with Crippen molar-refractivity contribution in [2.24, 2.45) is 5.92 Å². The molecule has 0 saturated heterocycles. The number of benzene rings is 1. The molecule has 3 nitrogen and oxygen atoms in total. The van der Waals surface area contributed by atoms with Gasteiger partial charge < -0.3 is 9.47 Å². The van der Waals surface area contributed by atoms with Gasteiger partial charge in [0.05, 0.1) is 0 Å². The van der Waals surface area contributed by atoms with Crippen molar-refractivity contribution in [3.63, 3.8) is 0 Å². The Balaban J connectivity index is 2.24. The number of rotatable bonds is 4. The van der Waals surface area contributed by atoms with Crippen molar-refractivity contribution in [3.8, 4) is 11.5 Å². The van der Waals surface area contributed by atoms with Crippen LogP contribution in [-0.4, -0.2) is 12.6 Å². The van der Waals surface area contributed by atoms with E-state index in [9.17, 15) is 4.79 Å². The molecule has 0 N–H and O–H groups in total. The van der Waals surface area contributed by atoms with E-state index in [1.807, 2.05) is 19.9 Å². The Labute approximate surface area is 95.4 Å². The van der Waals surface area contributed by atoms with E-state index >= 15 is 0 Å². The number of fused-ring (bicyclic) bond motifs is 1. The first kappa shape index (κ1) is 11.0. The van der Waals surface area contributed by atoms with E-state index < -0.39 is 0 Å². The lowest BCUT2D eigenvalue weighted by Gasteiger charge is -2.11. The minimum absolute atomic E-state index is 0.111. The van der Waals surface area contributed by atoms with Gasteiger partial charge in [-0.05, 0) is 31.0 Å². The van der Waals surface area contributed by atoms with E-state index in [1.165, 1.54) is 0 Å². The number of ether oxygens (including phenoxy) is 2. The summed E-state index contributed by atoms with van der Waals surface area (Å²) in [7, 11) is 0. The van der Waals surface area contributed by atoms with Crippen LogP contribution in [0.15, 0.2) is 18.2 Å². The third-order valence-corrected chi connectivity index (χ3v) is 3.01. The summed E-state index contributed by atoms with van der Waals surface area (Å²) in [5.74, 6) is 1.71.